The van der Waals surface area contributed by atoms with Crippen molar-refractivity contribution in [1.29, 1.82) is 0 Å². The summed E-state index contributed by atoms with van der Waals surface area (Å²) in [6.45, 7) is 0. The van der Waals surface area contributed by atoms with E-state index in [-0.39, 0.29) is 16.3 Å². The first kappa shape index (κ1) is 15.0. The Labute approximate surface area is 125 Å². The summed E-state index contributed by atoms with van der Waals surface area (Å²) in [6, 6.07) is 5.96. The molecular weight excluding hydrogens is 320 g/mol. The lowest BCUT2D eigenvalue weighted by Crippen LogP contribution is -2.30. The van der Waals surface area contributed by atoms with E-state index in [9.17, 15) is 13.2 Å². The molecule has 0 bridgehead atoms. The van der Waals surface area contributed by atoms with Gasteiger partial charge >= 0.3 is 0 Å². The quantitative estimate of drug-likeness (QED) is 0.912. The van der Waals surface area contributed by atoms with E-state index < -0.39 is 15.9 Å². The van der Waals surface area contributed by atoms with Gasteiger partial charge in [-0.1, -0.05) is 23.7 Å². The number of hydrogen-bond acceptors (Lipinski definition) is 5. The molecule has 20 heavy (non-hydrogen) atoms. The molecule has 0 saturated carbocycles. The Balaban J connectivity index is 2.01. The molecule has 1 heterocycles. The largest absolute Gasteiger partial charge is 0.274 e. The van der Waals surface area contributed by atoms with Gasteiger partial charge in [0.25, 0.3) is 10.0 Å². The van der Waals surface area contributed by atoms with Gasteiger partial charge in [0, 0.05) is 11.8 Å². The zero-order valence-electron chi connectivity index (χ0n) is 10.2. The summed E-state index contributed by atoms with van der Waals surface area (Å²) in [7, 11) is -3.93. The van der Waals surface area contributed by atoms with E-state index in [0.717, 1.165) is 5.69 Å². The Morgan fingerprint density at radius 3 is 2.75 bits per heavy atom. The molecule has 106 valence electrons. The second-order valence-electron chi connectivity index (χ2n) is 3.94. The third kappa shape index (κ3) is 3.78. The number of hydrogen-bond donors (Lipinski definition) is 1. The van der Waals surface area contributed by atoms with Crippen LogP contribution in [0.1, 0.15) is 12.1 Å². The molecule has 0 radical (unpaired) electrons. The van der Waals surface area contributed by atoms with E-state index in [1.807, 2.05) is 10.1 Å². The fourth-order valence-corrected chi connectivity index (χ4v) is 3.65. The van der Waals surface area contributed by atoms with Gasteiger partial charge in [0.1, 0.15) is 4.90 Å². The van der Waals surface area contributed by atoms with Crippen molar-refractivity contribution in [2.45, 2.75) is 17.7 Å². The fourth-order valence-electron chi connectivity index (χ4n) is 1.52. The third-order valence-electron chi connectivity index (χ3n) is 2.47. The number of sulfonamides is 1. The van der Waals surface area contributed by atoms with Crippen LogP contribution in [0.5, 0.6) is 0 Å². The van der Waals surface area contributed by atoms with Crippen LogP contribution >= 0.6 is 22.9 Å². The topological polar surface area (TPSA) is 76.1 Å². The molecule has 0 aliphatic heterocycles. The summed E-state index contributed by atoms with van der Waals surface area (Å²) in [6.07, 6.45) is 0.445. The van der Waals surface area contributed by atoms with Crippen molar-refractivity contribution in [3.8, 4) is 0 Å². The molecule has 0 saturated heterocycles. The molecule has 2 aromatic rings. The minimum atomic E-state index is -3.93. The van der Waals surface area contributed by atoms with E-state index in [2.05, 4.69) is 4.98 Å². The summed E-state index contributed by atoms with van der Waals surface area (Å²) in [5, 5.41) is 1.89. The van der Waals surface area contributed by atoms with Gasteiger partial charge in [0.2, 0.25) is 5.91 Å². The monoisotopic (exact) mass is 330 g/mol. The Bertz CT molecular complexity index is 699. The standard InChI is InChI=1S/C12H11ClN2O3S2/c13-10-3-1-2-4-11(10)20(17,18)15-12(16)6-5-9-7-19-8-14-9/h1-4,7-8H,5-6H2,(H,15,16). The fraction of sp³-hybridized carbons (Fsp3) is 0.167. The highest BCUT2D eigenvalue weighted by molar-refractivity contribution is 7.90. The van der Waals surface area contributed by atoms with Crippen LogP contribution in [0.2, 0.25) is 5.02 Å². The molecule has 5 nitrogen and oxygen atoms in total. The summed E-state index contributed by atoms with van der Waals surface area (Å²) in [5.74, 6) is -0.585. The molecule has 0 aliphatic rings. The number of nitrogens with zero attached hydrogens (tertiary/aromatic N) is 1. The molecular formula is C12H11ClN2O3S2. The highest BCUT2D eigenvalue weighted by Gasteiger charge is 2.20. The van der Waals surface area contributed by atoms with Crippen molar-refractivity contribution in [1.82, 2.24) is 9.71 Å². The zero-order chi connectivity index (χ0) is 14.6. The first-order valence-corrected chi connectivity index (χ1v) is 8.46. The van der Waals surface area contributed by atoms with Crippen molar-refractivity contribution in [3.05, 3.63) is 45.9 Å². The number of thiazole rings is 1. The summed E-state index contributed by atoms with van der Waals surface area (Å²) >= 11 is 7.24. The van der Waals surface area contributed by atoms with E-state index in [0.29, 0.717) is 6.42 Å². The normalized spacial score (nSPS) is 11.2. The van der Waals surface area contributed by atoms with Gasteiger partial charge in [0.05, 0.1) is 16.2 Å². The van der Waals surface area contributed by atoms with Crippen LogP contribution in [0, 0.1) is 0 Å². The van der Waals surface area contributed by atoms with Gasteiger partial charge in [-0.3, -0.25) is 4.79 Å². The molecule has 1 aromatic heterocycles. The van der Waals surface area contributed by atoms with Crippen LogP contribution in [0.4, 0.5) is 0 Å². The van der Waals surface area contributed by atoms with Crippen LogP contribution in [0.25, 0.3) is 0 Å². The van der Waals surface area contributed by atoms with Crippen LogP contribution in [0.15, 0.2) is 40.1 Å². The predicted molar refractivity (Wildman–Crippen MR) is 77.2 cm³/mol. The maximum atomic E-state index is 12.0. The molecule has 0 unspecified atom stereocenters. The van der Waals surface area contributed by atoms with Gasteiger partial charge in [-0.15, -0.1) is 11.3 Å². The second kappa shape index (κ2) is 6.34. The van der Waals surface area contributed by atoms with Crippen molar-refractivity contribution >= 4 is 38.9 Å². The van der Waals surface area contributed by atoms with Crippen LogP contribution in [-0.4, -0.2) is 19.3 Å². The molecule has 0 aliphatic carbocycles. The highest BCUT2D eigenvalue weighted by atomic mass is 35.5. The molecule has 0 spiro atoms. The second-order valence-corrected chi connectivity index (χ2v) is 6.72. The maximum Gasteiger partial charge on any atom is 0.265 e. The molecule has 0 atom stereocenters. The Morgan fingerprint density at radius 2 is 2.10 bits per heavy atom. The number of aromatic nitrogens is 1. The molecule has 1 N–H and O–H groups in total. The lowest BCUT2D eigenvalue weighted by atomic mass is 10.2. The minimum Gasteiger partial charge on any atom is -0.274 e. The molecule has 0 fully saturated rings. The molecule has 2 rings (SSSR count). The Hall–Kier alpha value is -1.44. The lowest BCUT2D eigenvalue weighted by Gasteiger charge is -2.07. The summed E-state index contributed by atoms with van der Waals surface area (Å²) < 4.78 is 26.0. The number of benzene rings is 1. The van der Waals surface area contributed by atoms with Gasteiger partial charge in [0.15, 0.2) is 0 Å². The van der Waals surface area contributed by atoms with Crippen molar-refractivity contribution in [2.75, 3.05) is 0 Å². The SMILES string of the molecule is O=C(CCc1cscn1)NS(=O)(=O)c1ccccc1Cl. The van der Waals surface area contributed by atoms with E-state index in [1.54, 1.807) is 17.6 Å². The smallest absolute Gasteiger partial charge is 0.265 e. The minimum absolute atomic E-state index is 0.0490. The number of carbonyl (C=O) groups excluding carboxylic acids is 1. The number of carbonyl (C=O) groups is 1. The average molecular weight is 331 g/mol. The first-order chi connectivity index (χ1) is 9.49. The van der Waals surface area contributed by atoms with E-state index >= 15 is 0 Å². The number of aryl methyl sites for hydroxylation is 1. The van der Waals surface area contributed by atoms with Crippen molar-refractivity contribution < 1.29 is 13.2 Å². The first-order valence-electron chi connectivity index (χ1n) is 5.66. The summed E-state index contributed by atoms with van der Waals surface area (Å²) in [4.78, 5) is 15.6. The van der Waals surface area contributed by atoms with Crippen molar-refractivity contribution in [2.24, 2.45) is 0 Å². The number of halogens is 1. The highest BCUT2D eigenvalue weighted by Crippen LogP contribution is 2.20. The Morgan fingerprint density at radius 1 is 1.35 bits per heavy atom. The van der Waals surface area contributed by atoms with Crippen LogP contribution in [0.3, 0.4) is 0 Å². The average Bonchev–Trinajstić information content (AvgIpc) is 2.89. The van der Waals surface area contributed by atoms with Crippen LogP contribution in [-0.2, 0) is 21.2 Å². The molecule has 8 heteroatoms. The Kier molecular flexibility index (Phi) is 4.74. The van der Waals surface area contributed by atoms with Crippen LogP contribution < -0.4 is 4.72 Å². The van der Waals surface area contributed by atoms with E-state index in [1.165, 1.54) is 23.5 Å². The molecule has 1 aromatic carbocycles. The van der Waals surface area contributed by atoms with Gasteiger partial charge < -0.3 is 0 Å². The number of rotatable bonds is 5. The zero-order valence-corrected chi connectivity index (χ0v) is 12.6. The van der Waals surface area contributed by atoms with Gasteiger partial charge in [-0.25, -0.2) is 18.1 Å². The molecule has 1 amide bonds. The van der Waals surface area contributed by atoms with E-state index in [4.69, 9.17) is 11.6 Å². The maximum absolute atomic E-state index is 12.0. The number of nitrogens with one attached hydrogen (secondary N) is 1. The predicted octanol–water partition coefficient (Wildman–Crippen LogP) is 2.23. The van der Waals surface area contributed by atoms with Gasteiger partial charge in [-0.05, 0) is 18.6 Å². The van der Waals surface area contributed by atoms with Gasteiger partial charge in [-0.2, -0.15) is 0 Å². The lowest BCUT2D eigenvalue weighted by molar-refractivity contribution is -0.119. The number of amides is 1. The van der Waals surface area contributed by atoms with Crippen molar-refractivity contribution in [3.63, 3.8) is 0 Å². The third-order valence-corrected chi connectivity index (χ3v) is 4.97. The summed E-state index contributed by atoms with van der Waals surface area (Å²) in [5.41, 5.74) is 2.42.